The first-order chi connectivity index (χ1) is 12.0. The number of carbonyl (C=O) groups excluding carboxylic acids is 3. The SMILES string of the molecule is O=C(Nc1ccccc1C(=O)O)c1cccc(N2C(=O)CCC2=O)c1. The molecule has 0 radical (unpaired) electrons. The number of nitrogens with zero attached hydrogens (tertiary/aromatic N) is 1. The van der Waals surface area contributed by atoms with Crippen LogP contribution in [0.2, 0.25) is 0 Å². The van der Waals surface area contributed by atoms with Crippen molar-refractivity contribution >= 4 is 35.1 Å². The number of nitrogens with one attached hydrogen (secondary N) is 1. The van der Waals surface area contributed by atoms with Gasteiger partial charge in [0.15, 0.2) is 0 Å². The number of hydrogen-bond acceptors (Lipinski definition) is 4. The van der Waals surface area contributed by atoms with Gasteiger partial charge >= 0.3 is 5.97 Å². The Kier molecular flexibility index (Phi) is 4.30. The zero-order valence-corrected chi connectivity index (χ0v) is 13.1. The van der Waals surface area contributed by atoms with Crippen LogP contribution in [0.25, 0.3) is 0 Å². The fourth-order valence-electron chi connectivity index (χ4n) is 2.62. The third-order valence-corrected chi connectivity index (χ3v) is 3.82. The van der Waals surface area contributed by atoms with E-state index < -0.39 is 11.9 Å². The Bertz CT molecular complexity index is 875. The van der Waals surface area contributed by atoms with Crippen molar-refractivity contribution in [3.05, 3.63) is 59.7 Å². The van der Waals surface area contributed by atoms with Crippen LogP contribution in [0, 0.1) is 0 Å². The van der Waals surface area contributed by atoms with E-state index in [1.165, 1.54) is 24.3 Å². The summed E-state index contributed by atoms with van der Waals surface area (Å²) >= 11 is 0. The molecule has 1 aliphatic heterocycles. The Balaban J connectivity index is 1.87. The standard InChI is InChI=1S/C18H14N2O5/c21-15-8-9-16(22)20(15)12-5-3-4-11(10-12)17(23)19-14-7-2-1-6-13(14)18(24)25/h1-7,10H,8-9H2,(H,19,23)(H,24,25). The second-order valence-corrected chi connectivity index (χ2v) is 5.48. The molecule has 0 atom stereocenters. The lowest BCUT2D eigenvalue weighted by Gasteiger charge is -2.15. The summed E-state index contributed by atoms with van der Waals surface area (Å²) in [5.41, 5.74) is 0.674. The number of imide groups is 1. The minimum absolute atomic E-state index is 0.0306. The molecule has 7 heteroatoms. The van der Waals surface area contributed by atoms with Gasteiger partial charge in [0, 0.05) is 18.4 Å². The van der Waals surface area contributed by atoms with Crippen LogP contribution in [-0.4, -0.2) is 28.8 Å². The number of rotatable bonds is 4. The number of carboxylic acids is 1. The lowest BCUT2D eigenvalue weighted by atomic mass is 10.1. The number of anilines is 2. The predicted molar refractivity (Wildman–Crippen MR) is 89.5 cm³/mol. The number of amides is 3. The number of hydrogen-bond donors (Lipinski definition) is 2. The maximum Gasteiger partial charge on any atom is 0.337 e. The maximum atomic E-state index is 12.4. The molecule has 7 nitrogen and oxygen atoms in total. The predicted octanol–water partition coefficient (Wildman–Crippen LogP) is 2.29. The number of benzene rings is 2. The van der Waals surface area contributed by atoms with Crippen molar-refractivity contribution in [2.24, 2.45) is 0 Å². The van der Waals surface area contributed by atoms with Gasteiger partial charge in [-0.15, -0.1) is 0 Å². The molecule has 1 fully saturated rings. The Labute approximate surface area is 142 Å². The molecule has 3 rings (SSSR count). The minimum atomic E-state index is -1.15. The maximum absolute atomic E-state index is 12.4. The van der Waals surface area contributed by atoms with Crippen LogP contribution in [0.3, 0.4) is 0 Å². The first-order valence-electron chi connectivity index (χ1n) is 7.57. The third-order valence-electron chi connectivity index (χ3n) is 3.82. The van der Waals surface area contributed by atoms with Gasteiger partial charge in [0.25, 0.3) is 5.91 Å². The molecular formula is C18H14N2O5. The zero-order chi connectivity index (χ0) is 18.0. The molecule has 3 amide bonds. The quantitative estimate of drug-likeness (QED) is 0.833. The van der Waals surface area contributed by atoms with Crippen molar-refractivity contribution in [3.63, 3.8) is 0 Å². The van der Waals surface area contributed by atoms with Crippen LogP contribution in [0.15, 0.2) is 48.5 Å². The van der Waals surface area contributed by atoms with E-state index in [2.05, 4.69) is 5.32 Å². The van der Waals surface area contributed by atoms with Gasteiger partial charge in [-0.05, 0) is 30.3 Å². The van der Waals surface area contributed by atoms with Crippen molar-refractivity contribution in [1.29, 1.82) is 0 Å². The molecule has 2 N–H and O–H groups in total. The summed E-state index contributed by atoms with van der Waals surface area (Å²) in [7, 11) is 0. The Morgan fingerprint density at radius 1 is 0.960 bits per heavy atom. The summed E-state index contributed by atoms with van der Waals surface area (Å²) in [6.07, 6.45) is 0.308. The number of aromatic carboxylic acids is 1. The highest BCUT2D eigenvalue weighted by atomic mass is 16.4. The molecule has 0 spiro atoms. The highest BCUT2D eigenvalue weighted by molar-refractivity contribution is 6.20. The summed E-state index contributed by atoms with van der Waals surface area (Å²) in [6, 6.07) is 12.1. The Morgan fingerprint density at radius 3 is 2.32 bits per heavy atom. The van der Waals surface area contributed by atoms with Gasteiger partial charge in [0.1, 0.15) is 0 Å². The largest absolute Gasteiger partial charge is 0.478 e. The summed E-state index contributed by atoms with van der Waals surface area (Å²) < 4.78 is 0. The molecule has 0 saturated carbocycles. The zero-order valence-electron chi connectivity index (χ0n) is 13.1. The molecule has 2 aromatic carbocycles. The summed E-state index contributed by atoms with van der Waals surface area (Å²) in [5, 5.41) is 11.7. The molecular weight excluding hydrogens is 324 g/mol. The molecule has 0 bridgehead atoms. The average molecular weight is 338 g/mol. The van der Waals surface area contributed by atoms with Crippen LogP contribution in [0.1, 0.15) is 33.6 Å². The van der Waals surface area contributed by atoms with Crippen LogP contribution in [-0.2, 0) is 9.59 Å². The first kappa shape index (κ1) is 16.4. The van der Waals surface area contributed by atoms with Crippen molar-refractivity contribution < 1.29 is 24.3 Å². The first-order valence-corrected chi connectivity index (χ1v) is 7.57. The lowest BCUT2D eigenvalue weighted by Crippen LogP contribution is -2.28. The average Bonchev–Trinajstić information content (AvgIpc) is 2.94. The van der Waals surface area contributed by atoms with Crippen LogP contribution in [0.5, 0.6) is 0 Å². The van der Waals surface area contributed by atoms with Crippen molar-refractivity contribution in [1.82, 2.24) is 0 Å². The summed E-state index contributed by atoms with van der Waals surface area (Å²) in [4.78, 5) is 48.3. The Morgan fingerprint density at radius 2 is 1.64 bits per heavy atom. The van der Waals surface area contributed by atoms with Gasteiger partial charge in [-0.25, -0.2) is 4.79 Å². The second kappa shape index (κ2) is 6.56. The van der Waals surface area contributed by atoms with E-state index in [4.69, 9.17) is 5.11 Å². The van der Waals surface area contributed by atoms with E-state index in [-0.39, 0.29) is 41.5 Å². The molecule has 0 aromatic heterocycles. The fraction of sp³-hybridized carbons (Fsp3) is 0.111. The monoisotopic (exact) mass is 338 g/mol. The molecule has 0 aliphatic carbocycles. The van der Waals surface area contributed by atoms with E-state index >= 15 is 0 Å². The van der Waals surface area contributed by atoms with Gasteiger partial charge in [-0.1, -0.05) is 18.2 Å². The van der Waals surface area contributed by atoms with Crippen molar-refractivity contribution in [3.8, 4) is 0 Å². The number of carbonyl (C=O) groups is 4. The van der Waals surface area contributed by atoms with Crippen LogP contribution >= 0.6 is 0 Å². The molecule has 126 valence electrons. The number of para-hydroxylation sites is 1. The van der Waals surface area contributed by atoms with Gasteiger partial charge < -0.3 is 10.4 Å². The molecule has 1 saturated heterocycles. The summed E-state index contributed by atoms with van der Waals surface area (Å²) in [5.74, 6) is -2.30. The Hall–Kier alpha value is -3.48. The smallest absolute Gasteiger partial charge is 0.337 e. The van der Waals surface area contributed by atoms with Crippen molar-refractivity contribution in [2.75, 3.05) is 10.2 Å². The van der Waals surface area contributed by atoms with E-state index in [0.29, 0.717) is 5.69 Å². The van der Waals surface area contributed by atoms with Gasteiger partial charge in [-0.3, -0.25) is 19.3 Å². The van der Waals surface area contributed by atoms with Gasteiger partial charge in [0.2, 0.25) is 11.8 Å². The second-order valence-electron chi connectivity index (χ2n) is 5.48. The van der Waals surface area contributed by atoms with Crippen molar-refractivity contribution in [2.45, 2.75) is 12.8 Å². The van der Waals surface area contributed by atoms with Crippen LogP contribution < -0.4 is 10.2 Å². The molecule has 1 heterocycles. The highest BCUT2D eigenvalue weighted by Gasteiger charge is 2.30. The van der Waals surface area contributed by atoms with E-state index in [1.807, 2.05) is 0 Å². The highest BCUT2D eigenvalue weighted by Crippen LogP contribution is 2.24. The third kappa shape index (κ3) is 3.25. The van der Waals surface area contributed by atoms with Gasteiger partial charge in [0.05, 0.1) is 16.9 Å². The fourth-order valence-corrected chi connectivity index (χ4v) is 2.62. The molecule has 2 aromatic rings. The van der Waals surface area contributed by atoms with Gasteiger partial charge in [-0.2, -0.15) is 0 Å². The summed E-state index contributed by atoms with van der Waals surface area (Å²) in [6.45, 7) is 0. The van der Waals surface area contributed by atoms with E-state index in [1.54, 1.807) is 24.3 Å². The minimum Gasteiger partial charge on any atom is -0.478 e. The van der Waals surface area contributed by atoms with Crippen LogP contribution in [0.4, 0.5) is 11.4 Å². The normalized spacial score (nSPS) is 13.8. The van der Waals surface area contributed by atoms with E-state index in [9.17, 15) is 19.2 Å². The molecule has 25 heavy (non-hydrogen) atoms. The lowest BCUT2D eigenvalue weighted by molar-refractivity contribution is -0.121. The number of carboxylic acid groups (broad SMARTS) is 1. The van der Waals surface area contributed by atoms with E-state index in [0.717, 1.165) is 4.90 Å². The topological polar surface area (TPSA) is 104 Å². The molecule has 0 unspecified atom stereocenters. The molecule has 1 aliphatic rings.